The van der Waals surface area contributed by atoms with Crippen LogP contribution in [-0.4, -0.2) is 11.7 Å². The molecule has 1 aliphatic carbocycles. The highest BCUT2D eigenvalue weighted by Gasteiger charge is 2.35. The van der Waals surface area contributed by atoms with Gasteiger partial charge in [0.2, 0.25) is 0 Å². The minimum atomic E-state index is -0.843. The molecule has 0 aliphatic heterocycles. The number of hydrogen-bond donors (Lipinski definition) is 2. The van der Waals surface area contributed by atoms with Gasteiger partial charge in [0, 0.05) is 24.9 Å². The Kier molecular flexibility index (Phi) is 2.37. The van der Waals surface area contributed by atoms with E-state index < -0.39 is 5.60 Å². The van der Waals surface area contributed by atoms with Crippen molar-refractivity contribution in [3.63, 3.8) is 0 Å². The molecule has 0 amide bonds. The molecule has 0 fully saturated rings. The normalized spacial score (nSPS) is 26.2. The summed E-state index contributed by atoms with van der Waals surface area (Å²) in [7, 11) is 0. The topological polar surface area (TPSA) is 59.4 Å². The van der Waals surface area contributed by atoms with Gasteiger partial charge in [-0.2, -0.15) is 0 Å². The molecule has 0 aromatic carbocycles. The molecule has 1 atom stereocenters. The molecular formula is C11H17NO2. The summed E-state index contributed by atoms with van der Waals surface area (Å²) in [6, 6.07) is 1.96. The van der Waals surface area contributed by atoms with Crippen LogP contribution in [-0.2, 0) is 18.4 Å². The number of aliphatic hydroxyl groups is 1. The molecule has 3 nitrogen and oxygen atoms in total. The van der Waals surface area contributed by atoms with Gasteiger partial charge in [0.1, 0.15) is 17.1 Å². The first-order valence-corrected chi connectivity index (χ1v) is 5.24. The predicted octanol–water partition coefficient (Wildman–Crippen LogP) is 1.32. The van der Waals surface area contributed by atoms with Gasteiger partial charge in [-0.25, -0.2) is 0 Å². The van der Waals surface area contributed by atoms with E-state index in [1.165, 1.54) is 0 Å². The zero-order valence-electron chi connectivity index (χ0n) is 8.55. The molecule has 0 bridgehead atoms. The summed E-state index contributed by atoms with van der Waals surface area (Å²) in [6.07, 6.45) is 3.50. The van der Waals surface area contributed by atoms with Crippen LogP contribution in [0.3, 0.4) is 0 Å². The van der Waals surface area contributed by atoms with Gasteiger partial charge in [-0.3, -0.25) is 0 Å². The van der Waals surface area contributed by atoms with Crippen molar-refractivity contribution in [1.29, 1.82) is 0 Å². The van der Waals surface area contributed by atoms with Gasteiger partial charge < -0.3 is 15.3 Å². The second kappa shape index (κ2) is 3.41. The average molecular weight is 195 g/mol. The van der Waals surface area contributed by atoms with Crippen LogP contribution in [0.5, 0.6) is 0 Å². The summed E-state index contributed by atoms with van der Waals surface area (Å²) < 4.78 is 5.64. The molecule has 1 aromatic rings. The molecule has 3 N–H and O–H groups in total. The van der Waals surface area contributed by atoms with Crippen molar-refractivity contribution >= 4 is 0 Å². The van der Waals surface area contributed by atoms with Crippen LogP contribution in [0, 0.1) is 0 Å². The third-order valence-electron chi connectivity index (χ3n) is 3.04. The maximum Gasteiger partial charge on any atom is 0.110 e. The number of rotatable bonds is 2. The van der Waals surface area contributed by atoms with Crippen LogP contribution >= 0.6 is 0 Å². The molecule has 1 heterocycles. The molecule has 1 aromatic heterocycles. The quantitative estimate of drug-likeness (QED) is 0.748. The first-order valence-electron chi connectivity index (χ1n) is 5.24. The third kappa shape index (κ3) is 1.37. The smallest absolute Gasteiger partial charge is 0.110 e. The number of fused-ring (bicyclic) bond motifs is 1. The number of nitrogens with two attached hydrogens (primary N) is 1. The molecule has 78 valence electrons. The number of aryl methyl sites for hydroxylation is 2. The van der Waals surface area contributed by atoms with Crippen molar-refractivity contribution in [2.24, 2.45) is 5.73 Å². The summed E-state index contributed by atoms with van der Waals surface area (Å²) in [5.74, 6) is 1.88. The maximum atomic E-state index is 10.3. The zero-order chi connectivity index (χ0) is 10.2. The number of furan rings is 1. The van der Waals surface area contributed by atoms with Crippen molar-refractivity contribution in [3.05, 3.63) is 23.2 Å². The second-order valence-electron chi connectivity index (χ2n) is 3.99. The lowest BCUT2D eigenvalue weighted by Crippen LogP contribution is -2.37. The van der Waals surface area contributed by atoms with E-state index in [0.29, 0.717) is 0 Å². The van der Waals surface area contributed by atoms with Crippen molar-refractivity contribution in [3.8, 4) is 0 Å². The standard InChI is InChI=1S/C11H17NO2/c1-2-8-6-9-10(14-8)4-3-5-11(9,13)7-12/h6,13H,2-5,7,12H2,1H3. The number of hydrogen-bond acceptors (Lipinski definition) is 3. The van der Waals surface area contributed by atoms with Crippen LogP contribution in [0.1, 0.15) is 36.8 Å². The first kappa shape index (κ1) is 9.74. The molecular weight excluding hydrogens is 178 g/mol. The third-order valence-corrected chi connectivity index (χ3v) is 3.04. The zero-order valence-corrected chi connectivity index (χ0v) is 8.55. The lowest BCUT2D eigenvalue weighted by Gasteiger charge is -2.29. The fraction of sp³-hybridized carbons (Fsp3) is 0.636. The van der Waals surface area contributed by atoms with Crippen LogP contribution in [0.2, 0.25) is 0 Å². The van der Waals surface area contributed by atoms with Gasteiger partial charge in [0.15, 0.2) is 0 Å². The van der Waals surface area contributed by atoms with Crippen LogP contribution in [0.4, 0.5) is 0 Å². The van der Waals surface area contributed by atoms with Crippen LogP contribution in [0.15, 0.2) is 10.5 Å². The van der Waals surface area contributed by atoms with Gasteiger partial charge in [-0.1, -0.05) is 6.92 Å². The van der Waals surface area contributed by atoms with Gasteiger partial charge in [-0.05, 0) is 18.9 Å². The van der Waals surface area contributed by atoms with E-state index in [-0.39, 0.29) is 6.54 Å². The Labute approximate surface area is 83.9 Å². The van der Waals surface area contributed by atoms with Gasteiger partial charge >= 0.3 is 0 Å². The highest BCUT2D eigenvalue weighted by atomic mass is 16.3. The molecule has 2 rings (SSSR count). The summed E-state index contributed by atoms with van der Waals surface area (Å²) in [5.41, 5.74) is 5.69. The molecule has 0 radical (unpaired) electrons. The van der Waals surface area contributed by atoms with E-state index in [1.54, 1.807) is 0 Å². The van der Waals surface area contributed by atoms with E-state index in [0.717, 1.165) is 42.8 Å². The fourth-order valence-electron chi connectivity index (χ4n) is 2.13. The minimum absolute atomic E-state index is 0.280. The fourth-order valence-corrected chi connectivity index (χ4v) is 2.13. The Hall–Kier alpha value is -0.800. The lowest BCUT2D eigenvalue weighted by molar-refractivity contribution is 0.0257. The highest BCUT2D eigenvalue weighted by Crippen LogP contribution is 2.36. The van der Waals surface area contributed by atoms with E-state index in [2.05, 4.69) is 0 Å². The van der Waals surface area contributed by atoms with Crippen molar-refractivity contribution in [2.75, 3.05) is 6.54 Å². The average Bonchev–Trinajstić information content (AvgIpc) is 2.62. The van der Waals surface area contributed by atoms with Gasteiger partial charge in [0.25, 0.3) is 0 Å². The summed E-state index contributed by atoms with van der Waals surface area (Å²) in [6.45, 7) is 2.33. The van der Waals surface area contributed by atoms with Crippen molar-refractivity contribution in [1.82, 2.24) is 0 Å². The van der Waals surface area contributed by atoms with Crippen molar-refractivity contribution < 1.29 is 9.52 Å². The van der Waals surface area contributed by atoms with E-state index in [4.69, 9.17) is 10.2 Å². The van der Waals surface area contributed by atoms with Gasteiger partial charge in [0.05, 0.1) is 0 Å². The Morgan fingerprint density at radius 3 is 3.07 bits per heavy atom. The molecule has 1 unspecified atom stereocenters. The minimum Gasteiger partial charge on any atom is -0.466 e. The highest BCUT2D eigenvalue weighted by molar-refractivity contribution is 5.31. The molecule has 14 heavy (non-hydrogen) atoms. The maximum absolute atomic E-state index is 10.3. The van der Waals surface area contributed by atoms with E-state index in [1.807, 2.05) is 13.0 Å². The molecule has 1 aliphatic rings. The predicted molar refractivity (Wildman–Crippen MR) is 54.0 cm³/mol. The first-order chi connectivity index (χ1) is 6.69. The van der Waals surface area contributed by atoms with Crippen LogP contribution in [0.25, 0.3) is 0 Å². The molecule has 0 saturated heterocycles. The van der Waals surface area contributed by atoms with E-state index >= 15 is 0 Å². The lowest BCUT2D eigenvalue weighted by atomic mass is 9.83. The Morgan fingerprint density at radius 1 is 1.64 bits per heavy atom. The SMILES string of the molecule is CCc1cc2c(o1)CCCC2(O)CN. The summed E-state index contributed by atoms with van der Waals surface area (Å²) in [5, 5.41) is 10.3. The Morgan fingerprint density at radius 2 is 2.43 bits per heavy atom. The molecule has 3 heteroatoms. The Bertz CT molecular complexity index is 332. The largest absolute Gasteiger partial charge is 0.466 e. The second-order valence-corrected chi connectivity index (χ2v) is 3.99. The van der Waals surface area contributed by atoms with Crippen LogP contribution < -0.4 is 5.73 Å². The summed E-state index contributed by atoms with van der Waals surface area (Å²) >= 11 is 0. The van der Waals surface area contributed by atoms with Gasteiger partial charge in [-0.15, -0.1) is 0 Å². The summed E-state index contributed by atoms with van der Waals surface area (Å²) in [4.78, 5) is 0. The molecule has 0 saturated carbocycles. The Balaban J connectivity index is 2.43. The van der Waals surface area contributed by atoms with E-state index in [9.17, 15) is 5.11 Å². The van der Waals surface area contributed by atoms with Crippen molar-refractivity contribution in [2.45, 2.75) is 38.2 Å². The monoisotopic (exact) mass is 195 g/mol. The molecule has 0 spiro atoms.